The first-order valence-corrected chi connectivity index (χ1v) is 6.25. The van der Waals surface area contributed by atoms with E-state index in [1.54, 1.807) is 6.07 Å². The van der Waals surface area contributed by atoms with Crippen LogP contribution in [-0.4, -0.2) is 17.2 Å². The lowest BCUT2D eigenvalue weighted by atomic mass is 9.79. The van der Waals surface area contributed by atoms with Crippen molar-refractivity contribution in [2.24, 2.45) is 0 Å². The van der Waals surface area contributed by atoms with E-state index in [9.17, 15) is 4.39 Å². The summed E-state index contributed by atoms with van der Waals surface area (Å²) in [5.41, 5.74) is 1.71. The molecule has 0 unspecified atom stereocenters. The number of hydrogen-bond acceptors (Lipinski definition) is 2. The average molecular weight is 309 g/mol. The first-order chi connectivity index (χ1) is 8.58. The van der Waals surface area contributed by atoms with Crippen molar-refractivity contribution < 1.29 is 14.4 Å². The molecule has 0 amide bonds. The lowest BCUT2D eigenvalue weighted by molar-refractivity contribution is 0.422. The summed E-state index contributed by atoms with van der Waals surface area (Å²) in [6.45, 7) is 0. The Hall–Kier alpha value is -1.17. The summed E-state index contributed by atoms with van der Waals surface area (Å²) in [5, 5.41) is 18.1. The Morgan fingerprint density at radius 1 is 1.06 bits per heavy atom. The van der Waals surface area contributed by atoms with Crippen molar-refractivity contribution in [1.29, 1.82) is 0 Å². The molecule has 2 rings (SSSR count). The molecule has 2 N–H and O–H groups in total. The minimum atomic E-state index is -1.81. The molecule has 92 valence electrons. The Morgan fingerprint density at radius 2 is 1.72 bits per heavy atom. The first kappa shape index (κ1) is 13.3. The van der Waals surface area contributed by atoms with Crippen molar-refractivity contribution in [3.05, 3.63) is 63.9 Å². The van der Waals surface area contributed by atoms with Crippen LogP contribution in [0, 0.1) is 5.82 Å². The van der Waals surface area contributed by atoms with Gasteiger partial charge in [0.2, 0.25) is 0 Å². The molecule has 2 aromatic rings. The minimum Gasteiger partial charge on any atom is -0.423 e. The normalized spacial score (nSPS) is 10.4. The van der Waals surface area contributed by atoms with Crippen LogP contribution in [0.1, 0.15) is 11.1 Å². The highest BCUT2D eigenvalue weighted by atomic mass is 79.9. The zero-order valence-corrected chi connectivity index (χ0v) is 11.1. The summed E-state index contributed by atoms with van der Waals surface area (Å²) >= 11 is 3.15. The Labute approximate surface area is 113 Å². The zero-order chi connectivity index (χ0) is 13.1. The lowest BCUT2D eigenvalue weighted by Gasteiger charge is -2.08. The highest BCUT2D eigenvalue weighted by molar-refractivity contribution is 9.10. The fourth-order valence-corrected chi connectivity index (χ4v) is 2.51. The van der Waals surface area contributed by atoms with Crippen molar-refractivity contribution in [2.75, 3.05) is 0 Å². The second-order valence-corrected chi connectivity index (χ2v) is 4.86. The molecule has 0 aromatic heterocycles. The Bertz CT molecular complexity index is 523. The molecule has 2 nitrogen and oxygen atoms in total. The average Bonchev–Trinajstić information content (AvgIpc) is 2.28. The highest BCUT2D eigenvalue weighted by Gasteiger charge is 2.20. The van der Waals surface area contributed by atoms with E-state index in [1.807, 2.05) is 30.3 Å². The van der Waals surface area contributed by atoms with Crippen LogP contribution in [-0.2, 0) is 6.42 Å². The van der Waals surface area contributed by atoms with Crippen LogP contribution in [0.3, 0.4) is 0 Å². The van der Waals surface area contributed by atoms with Crippen molar-refractivity contribution >= 4 is 28.5 Å². The molecule has 0 saturated heterocycles. The van der Waals surface area contributed by atoms with E-state index in [0.717, 1.165) is 11.1 Å². The molecule has 0 aliphatic rings. The molecule has 18 heavy (non-hydrogen) atoms. The van der Waals surface area contributed by atoms with E-state index >= 15 is 0 Å². The number of hydrogen-bond donors (Lipinski definition) is 2. The lowest BCUT2D eigenvalue weighted by Crippen LogP contribution is -2.34. The molecule has 0 fully saturated rings. The maximum absolute atomic E-state index is 13.7. The van der Waals surface area contributed by atoms with Crippen molar-refractivity contribution in [3.8, 4) is 0 Å². The van der Waals surface area contributed by atoms with E-state index in [-0.39, 0.29) is 5.46 Å². The molecule has 0 bridgehead atoms. The standard InChI is InChI=1S/C13H11BBrFO2/c15-11-7-10(6-9-4-2-1-3-5-9)8-12(16)13(11)14(17)18/h1-5,7-8,17-18H,6H2. The molecule has 0 heterocycles. The van der Waals surface area contributed by atoms with E-state index in [1.165, 1.54) is 6.07 Å². The Morgan fingerprint density at radius 3 is 2.28 bits per heavy atom. The smallest absolute Gasteiger partial charge is 0.423 e. The summed E-state index contributed by atoms with van der Waals surface area (Å²) in [6, 6.07) is 12.7. The van der Waals surface area contributed by atoms with E-state index < -0.39 is 12.9 Å². The SMILES string of the molecule is OB(O)c1c(F)cc(Cc2ccccc2)cc1Br. The number of rotatable bonds is 3. The molecule has 0 atom stereocenters. The molecular formula is C13H11BBrFO2. The topological polar surface area (TPSA) is 40.5 Å². The van der Waals surface area contributed by atoms with E-state index in [0.29, 0.717) is 10.9 Å². The molecular weight excluding hydrogens is 298 g/mol. The maximum Gasteiger partial charge on any atom is 0.492 e. The Kier molecular flexibility index (Phi) is 4.17. The predicted molar refractivity (Wildman–Crippen MR) is 73.2 cm³/mol. The van der Waals surface area contributed by atoms with Crippen LogP contribution in [0.2, 0.25) is 0 Å². The van der Waals surface area contributed by atoms with Gasteiger partial charge < -0.3 is 10.0 Å². The van der Waals surface area contributed by atoms with Gasteiger partial charge in [-0.05, 0) is 29.7 Å². The molecule has 0 saturated carbocycles. The summed E-state index contributed by atoms with van der Waals surface area (Å²) in [7, 11) is -1.81. The predicted octanol–water partition coefficient (Wildman–Crippen LogP) is 1.86. The minimum absolute atomic E-state index is 0.133. The molecule has 2 aromatic carbocycles. The summed E-state index contributed by atoms with van der Waals surface area (Å²) in [4.78, 5) is 0. The monoisotopic (exact) mass is 308 g/mol. The van der Waals surface area contributed by atoms with Gasteiger partial charge in [0.25, 0.3) is 0 Å². The third-order valence-electron chi connectivity index (χ3n) is 2.65. The van der Waals surface area contributed by atoms with Gasteiger partial charge in [0.05, 0.1) is 0 Å². The van der Waals surface area contributed by atoms with Crippen LogP contribution in [0.5, 0.6) is 0 Å². The van der Waals surface area contributed by atoms with E-state index in [2.05, 4.69) is 15.9 Å². The summed E-state index contributed by atoms with van der Waals surface area (Å²) in [5.74, 6) is -0.620. The van der Waals surface area contributed by atoms with Gasteiger partial charge in [-0.1, -0.05) is 46.3 Å². The van der Waals surface area contributed by atoms with Crippen molar-refractivity contribution in [3.63, 3.8) is 0 Å². The summed E-state index contributed by atoms with van der Waals surface area (Å²) < 4.78 is 14.1. The molecule has 0 spiro atoms. The molecule has 0 radical (unpaired) electrons. The van der Waals surface area contributed by atoms with Gasteiger partial charge in [-0.15, -0.1) is 0 Å². The van der Waals surface area contributed by atoms with Crippen LogP contribution in [0.15, 0.2) is 46.9 Å². The molecule has 0 aliphatic heterocycles. The quantitative estimate of drug-likeness (QED) is 0.850. The van der Waals surface area contributed by atoms with Gasteiger partial charge in [0.1, 0.15) is 5.82 Å². The third-order valence-corrected chi connectivity index (χ3v) is 3.30. The maximum atomic E-state index is 13.7. The first-order valence-electron chi connectivity index (χ1n) is 5.46. The zero-order valence-electron chi connectivity index (χ0n) is 9.48. The van der Waals surface area contributed by atoms with Gasteiger partial charge in [0.15, 0.2) is 0 Å². The van der Waals surface area contributed by atoms with Crippen molar-refractivity contribution in [1.82, 2.24) is 0 Å². The largest absolute Gasteiger partial charge is 0.492 e. The van der Waals surface area contributed by atoms with E-state index in [4.69, 9.17) is 10.0 Å². The molecule has 0 aliphatic carbocycles. The second kappa shape index (κ2) is 5.65. The summed E-state index contributed by atoms with van der Waals surface area (Å²) in [6.07, 6.45) is 0.595. The van der Waals surface area contributed by atoms with Crippen LogP contribution >= 0.6 is 15.9 Å². The number of benzene rings is 2. The third kappa shape index (κ3) is 2.99. The Balaban J connectivity index is 2.31. The van der Waals surface area contributed by atoms with Gasteiger partial charge in [-0.3, -0.25) is 0 Å². The number of halogens is 2. The fourth-order valence-electron chi connectivity index (χ4n) is 1.82. The van der Waals surface area contributed by atoms with Gasteiger partial charge in [-0.2, -0.15) is 0 Å². The van der Waals surface area contributed by atoms with Gasteiger partial charge >= 0.3 is 7.12 Å². The van der Waals surface area contributed by atoms with Crippen LogP contribution in [0.25, 0.3) is 0 Å². The van der Waals surface area contributed by atoms with Crippen LogP contribution in [0.4, 0.5) is 4.39 Å². The highest BCUT2D eigenvalue weighted by Crippen LogP contribution is 2.16. The van der Waals surface area contributed by atoms with Gasteiger partial charge in [-0.25, -0.2) is 4.39 Å². The second-order valence-electron chi connectivity index (χ2n) is 4.01. The fraction of sp³-hybridized carbons (Fsp3) is 0.0769. The van der Waals surface area contributed by atoms with Crippen molar-refractivity contribution in [2.45, 2.75) is 6.42 Å². The van der Waals surface area contributed by atoms with Gasteiger partial charge in [0, 0.05) is 9.94 Å². The van der Waals surface area contributed by atoms with Crippen LogP contribution < -0.4 is 5.46 Å². The molecule has 5 heteroatoms.